The second kappa shape index (κ2) is 6.48. The van der Waals surface area contributed by atoms with Gasteiger partial charge in [-0.3, -0.25) is 4.79 Å². The minimum absolute atomic E-state index is 0.135. The van der Waals surface area contributed by atoms with Gasteiger partial charge in [-0.25, -0.2) is 4.39 Å². The maximum absolute atomic E-state index is 13.0. The third-order valence-electron chi connectivity index (χ3n) is 2.71. The van der Waals surface area contributed by atoms with Crippen LogP contribution >= 0.6 is 15.9 Å². The fourth-order valence-electron chi connectivity index (χ4n) is 1.75. The van der Waals surface area contributed by atoms with Crippen LogP contribution in [0.15, 0.2) is 53.0 Å². The third kappa shape index (κ3) is 3.89. The van der Waals surface area contributed by atoms with Crippen LogP contribution < -0.4 is 5.32 Å². The van der Waals surface area contributed by atoms with Crippen molar-refractivity contribution in [3.63, 3.8) is 0 Å². The van der Waals surface area contributed by atoms with Crippen molar-refractivity contribution in [2.75, 3.05) is 6.54 Å². The van der Waals surface area contributed by atoms with Crippen LogP contribution in [0.1, 0.15) is 15.9 Å². The van der Waals surface area contributed by atoms with E-state index < -0.39 is 0 Å². The summed E-state index contributed by atoms with van der Waals surface area (Å²) in [6.07, 6.45) is 0.605. The van der Waals surface area contributed by atoms with E-state index in [2.05, 4.69) is 21.2 Å². The molecule has 2 aromatic rings. The van der Waals surface area contributed by atoms with Gasteiger partial charge in [0.05, 0.1) is 5.56 Å². The Labute approximate surface area is 119 Å². The Morgan fingerprint density at radius 3 is 2.68 bits per heavy atom. The Morgan fingerprint density at radius 2 is 1.95 bits per heavy atom. The number of amides is 1. The number of carbonyl (C=O) groups excluding carboxylic acids is 1. The average Bonchev–Trinajstić information content (AvgIpc) is 2.39. The fraction of sp³-hybridized carbons (Fsp3) is 0.133. The van der Waals surface area contributed by atoms with Gasteiger partial charge >= 0.3 is 0 Å². The molecule has 0 unspecified atom stereocenters. The van der Waals surface area contributed by atoms with Crippen LogP contribution in [0.25, 0.3) is 0 Å². The lowest BCUT2D eigenvalue weighted by molar-refractivity contribution is 0.0953. The van der Waals surface area contributed by atoms with Crippen LogP contribution in [0.3, 0.4) is 0 Å². The monoisotopic (exact) mass is 321 g/mol. The number of carbonyl (C=O) groups is 1. The van der Waals surface area contributed by atoms with Crippen molar-refractivity contribution in [2.45, 2.75) is 6.42 Å². The predicted octanol–water partition coefficient (Wildman–Crippen LogP) is 3.56. The van der Waals surface area contributed by atoms with E-state index in [1.165, 1.54) is 12.1 Å². The van der Waals surface area contributed by atoms with Crippen LogP contribution in [0, 0.1) is 5.82 Å². The second-order valence-electron chi connectivity index (χ2n) is 4.12. The number of hydrogen-bond donors (Lipinski definition) is 1. The maximum atomic E-state index is 13.0. The molecule has 0 saturated carbocycles. The maximum Gasteiger partial charge on any atom is 0.252 e. The Morgan fingerprint density at radius 1 is 1.16 bits per heavy atom. The van der Waals surface area contributed by atoms with E-state index in [9.17, 15) is 9.18 Å². The molecule has 0 aliphatic carbocycles. The van der Waals surface area contributed by atoms with Crippen LogP contribution in [-0.4, -0.2) is 12.5 Å². The zero-order valence-electron chi connectivity index (χ0n) is 10.2. The molecular formula is C15H13BrFNO. The van der Waals surface area contributed by atoms with E-state index in [1.807, 2.05) is 24.3 Å². The lowest BCUT2D eigenvalue weighted by Gasteiger charge is -2.07. The Hall–Kier alpha value is -1.68. The normalized spacial score (nSPS) is 10.2. The summed E-state index contributed by atoms with van der Waals surface area (Å²) in [5.41, 5.74) is 1.47. The number of rotatable bonds is 4. The molecule has 0 saturated heterocycles. The van der Waals surface area contributed by atoms with Gasteiger partial charge in [0.1, 0.15) is 5.82 Å². The first-order valence-electron chi connectivity index (χ1n) is 5.94. The van der Waals surface area contributed by atoms with Crippen LogP contribution in [0.5, 0.6) is 0 Å². The first-order valence-corrected chi connectivity index (χ1v) is 6.73. The highest BCUT2D eigenvalue weighted by Gasteiger charge is 2.08. The van der Waals surface area contributed by atoms with Crippen molar-refractivity contribution in [3.05, 3.63) is 69.9 Å². The molecule has 1 amide bonds. The van der Waals surface area contributed by atoms with Crippen molar-refractivity contribution in [2.24, 2.45) is 0 Å². The van der Waals surface area contributed by atoms with Gasteiger partial charge in [0.15, 0.2) is 0 Å². The van der Waals surface area contributed by atoms with Crippen molar-refractivity contribution < 1.29 is 9.18 Å². The molecule has 0 fully saturated rings. The van der Waals surface area contributed by atoms with E-state index in [-0.39, 0.29) is 11.7 Å². The molecule has 2 aromatic carbocycles. The highest BCUT2D eigenvalue weighted by Crippen LogP contribution is 2.15. The summed E-state index contributed by atoms with van der Waals surface area (Å²) < 4.78 is 13.7. The largest absolute Gasteiger partial charge is 0.352 e. The predicted molar refractivity (Wildman–Crippen MR) is 76.6 cm³/mol. The van der Waals surface area contributed by atoms with E-state index >= 15 is 0 Å². The van der Waals surface area contributed by atoms with Crippen LogP contribution in [0.4, 0.5) is 4.39 Å². The summed E-state index contributed by atoms with van der Waals surface area (Å²) in [7, 11) is 0. The summed E-state index contributed by atoms with van der Waals surface area (Å²) in [6.45, 7) is 0.476. The van der Waals surface area contributed by atoms with Gasteiger partial charge in [-0.1, -0.05) is 24.3 Å². The molecule has 0 bridgehead atoms. The van der Waals surface area contributed by atoms with Gasteiger partial charge < -0.3 is 5.32 Å². The first-order chi connectivity index (χ1) is 9.16. The summed E-state index contributed by atoms with van der Waals surface area (Å²) in [5.74, 6) is -0.390. The van der Waals surface area contributed by atoms with Gasteiger partial charge in [0.2, 0.25) is 0 Å². The Bertz CT molecular complexity index is 586. The fourth-order valence-corrected chi connectivity index (χ4v) is 2.22. The third-order valence-corrected chi connectivity index (χ3v) is 3.40. The summed E-state index contributed by atoms with van der Waals surface area (Å²) in [6, 6.07) is 13.6. The minimum Gasteiger partial charge on any atom is -0.352 e. The van der Waals surface area contributed by atoms with Gasteiger partial charge in [-0.2, -0.15) is 0 Å². The van der Waals surface area contributed by atoms with E-state index in [0.717, 1.165) is 10.0 Å². The van der Waals surface area contributed by atoms with Crippen molar-refractivity contribution in [1.82, 2.24) is 5.32 Å². The SMILES string of the molecule is O=C(NCCc1cccc(F)c1)c1ccccc1Br. The number of halogens is 2. The molecular weight excluding hydrogens is 309 g/mol. The van der Waals surface area contributed by atoms with Crippen molar-refractivity contribution in [3.8, 4) is 0 Å². The number of benzene rings is 2. The highest BCUT2D eigenvalue weighted by atomic mass is 79.9. The van der Waals surface area contributed by atoms with Crippen LogP contribution in [0.2, 0.25) is 0 Å². The molecule has 0 heterocycles. The lowest BCUT2D eigenvalue weighted by atomic mass is 10.1. The lowest BCUT2D eigenvalue weighted by Crippen LogP contribution is -2.26. The van der Waals surface area contributed by atoms with Crippen LogP contribution in [-0.2, 0) is 6.42 Å². The number of nitrogens with one attached hydrogen (secondary N) is 1. The summed E-state index contributed by atoms with van der Waals surface area (Å²) in [5, 5.41) is 2.82. The number of hydrogen-bond acceptors (Lipinski definition) is 1. The highest BCUT2D eigenvalue weighted by molar-refractivity contribution is 9.10. The second-order valence-corrected chi connectivity index (χ2v) is 4.97. The standard InChI is InChI=1S/C15H13BrFNO/c16-14-7-2-1-6-13(14)15(19)18-9-8-11-4-3-5-12(17)10-11/h1-7,10H,8-9H2,(H,18,19). The van der Waals surface area contributed by atoms with E-state index in [0.29, 0.717) is 18.5 Å². The van der Waals surface area contributed by atoms with E-state index in [4.69, 9.17) is 0 Å². The average molecular weight is 322 g/mol. The smallest absolute Gasteiger partial charge is 0.252 e. The molecule has 98 valence electrons. The molecule has 0 aromatic heterocycles. The van der Waals surface area contributed by atoms with Crippen molar-refractivity contribution in [1.29, 1.82) is 0 Å². The van der Waals surface area contributed by atoms with Crippen molar-refractivity contribution >= 4 is 21.8 Å². The molecule has 0 radical (unpaired) electrons. The molecule has 4 heteroatoms. The zero-order chi connectivity index (χ0) is 13.7. The van der Waals surface area contributed by atoms with Gasteiger partial charge in [0.25, 0.3) is 5.91 Å². The summed E-state index contributed by atoms with van der Waals surface area (Å²) in [4.78, 5) is 11.9. The molecule has 2 nitrogen and oxygen atoms in total. The van der Waals surface area contributed by atoms with E-state index in [1.54, 1.807) is 12.1 Å². The quantitative estimate of drug-likeness (QED) is 0.916. The molecule has 0 aliphatic heterocycles. The zero-order valence-corrected chi connectivity index (χ0v) is 11.8. The van der Waals surface area contributed by atoms with Gasteiger partial charge in [-0.15, -0.1) is 0 Å². The molecule has 0 aliphatic rings. The Balaban J connectivity index is 1.90. The molecule has 2 rings (SSSR count). The van der Waals surface area contributed by atoms with Gasteiger partial charge in [-0.05, 0) is 52.2 Å². The Kier molecular flexibility index (Phi) is 4.68. The van der Waals surface area contributed by atoms with Gasteiger partial charge in [0, 0.05) is 11.0 Å². The topological polar surface area (TPSA) is 29.1 Å². The molecule has 0 atom stereocenters. The first kappa shape index (κ1) is 13.7. The minimum atomic E-state index is -0.255. The molecule has 0 spiro atoms. The molecule has 1 N–H and O–H groups in total. The molecule has 19 heavy (non-hydrogen) atoms. The summed E-state index contributed by atoms with van der Waals surface area (Å²) >= 11 is 3.33.